The van der Waals surface area contributed by atoms with Crippen LogP contribution in [0, 0.1) is 0 Å². The van der Waals surface area contributed by atoms with Gasteiger partial charge in [0.05, 0.1) is 13.1 Å². The van der Waals surface area contributed by atoms with E-state index in [0.717, 1.165) is 18.0 Å². The first kappa shape index (κ1) is 9.55. The second-order valence-corrected chi connectivity index (χ2v) is 3.27. The monoisotopic (exact) mass is 188 g/mol. The number of rotatable bonds is 2. The van der Waals surface area contributed by atoms with E-state index in [1.807, 2.05) is 6.08 Å². The molecule has 1 aliphatic rings. The van der Waals surface area contributed by atoms with Crippen LogP contribution in [0.3, 0.4) is 0 Å². The van der Waals surface area contributed by atoms with Gasteiger partial charge in [0.25, 0.3) is 0 Å². The average molecular weight is 189 g/mol. The summed E-state index contributed by atoms with van der Waals surface area (Å²) < 4.78 is 0. The van der Waals surface area contributed by atoms with Gasteiger partial charge in [-0.05, 0) is 13.5 Å². The molecule has 3 nitrogen and oxygen atoms in total. The van der Waals surface area contributed by atoms with E-state index in [-0.39, 0.29) is 5.91 Å². The molecule has 12 heavy (non-hydrogen) atoms. The Bertz CT molecular complexity index is 203. The number of likely N-dealkylation sites (N-methyl/N-ethyl adjacent to an activating group) is 1. The number of hydrogen-bond acceptors (Lipinski definition) is 2. The van der Waals surface area contributed by atoms with E-state index < -0.39 is 0 Å². The molecule has 0 aromatic rings. The quantitative estimate of drug-likeness (QED) is 0.687. The Morgan fingerprint density at radius 3 is 3.17 bits per heavy atom. The first-order valence-electron chi connectivity index (χ1n) is 4.01. The normalized spacial score (nSPS) is 17.5. The lowest BCUT2D eigenvalue weighted by Crippen LogP contribution is -2.39. The maximum atomic E-state index is 11.3. The lowest BCUT2D eigenvalue weighted by Gasteiger charge is -2.24. The lowest BCUT2D eigenvalue weighted by molar-refractivity contribution is -0.129. The van der Waals surface area contributed by atoms with Crippen molar-refractivity contribution < 1.29 is 4.79 Å². The molecule has 0 radical (unpaired) electrons. The summed E-state index contributed by atoms with van der Waals surface area (Å²) >= 11 is 5.80. The van der Waals surface area contributed by atoms with Crippen molar-refractivity contribution in [2.24, 2.45) is 0 Å². The Morgan fingerprint density at radius 2 is 2.58 bits per heavy atom. The number of nitrogens with one attached hydrogen (secondary N) is 1. The minimum absolute atomic E-state index is 0.115. The van der Waals surface area contributed by atoms with Crippen molar-refractivity contribution in [2.75, 3.05) is 26.7 Å². The standard InChI is InChI=1S/C8H13ClN2O/c1-10-5-8(12)11-4-2-3-7(9)6-11/h3,10H,2,4-6H2,1H3. The third-order valence-electron chi connectivity index (χ3n) is 1.79. The molecule has 1 rings (SSSR count). The highest BCUT2D eigenvalue weighted by molar-refractivity contribution is 6.30. The van der Waals surface area contributed by atoms with Crippen LogP contribution in [0.4, 0.5) is 0 Å². The predicted molar refractivity (Wildman–Crippen MR) is 49.1 cm³/mol. The van der Waals surface area contributed by atoms with E-state index >= 15 is 0 Å². The zero-order chi connectivity index (χ0) is 8.97. The maximum absolute atomic E-state index is 11.3. The minimum Gasteiger partial charge on any atom is -0.336 e. The Balaban J connectivity index is 2.43. The molecule has 1 aliphatic heterocycles. The van der Waals surface area contributed by atoms with E-state index in [1.54, 1.807) is 11.9 Å². The van der Waals surface area contributed by atoms with Gasteiger partial charge >= 0.3 is 0 Å². The van der Waals surface area contributed by atoms with Crippen molar-refractivity contribution in [2.45, 2.75) is 6.42 Å². The third kappa shape index (κ3) is 2.50. The molecule has 0 spiro atoms. The highest BCUT2D eigenvalue weighted by Crippen LogP contribution is 2.12. The van der Waals surface area contributed by atoms with Gasteiger partial charge in [-0.15, -0.1) is 0 Å². The summed E-state index contributed by atoms with van der Waals surface area (Å²) in [6, 6.07) is 0. The average Bonchev–Trinajstić information content (AvgIpc) is 2.05. The van der Waals surface area contributed by atoms with Crippen LogP contribution < -0.4 is 5.32 Å². The van der Waals surface area contributed by atoms with Crippen molar-refractivity contribution in [1.29, 1.82) is 0 Å². The van der Waals surface area contributed by atoms with Crippen molar-refractivity contribution in [3.63, 3.8) is 0 Å². The Labute approximate surface area is 77.4 Å². The van der Waals surface area contributed by atoms with Gasteiger partial charge in [-0.3, -0.25) is 4.79 Å². The van der Waals surface area contributed by atoms with Gasteiger partial charge in [0.1, 0.15) is 0 Å². The van der Waals surface area contributed by atoms with Crippen LogP contribution in [0.1, 0.15) is 6.42 Å². The van der Waals surface area contributed by atoms with Gasteiger partial charge in [-0.25, -0.2) is 0 Å². The second kappa shape index (κ2) is 4.48. The molecule has 0 atom stereocenters. The smallest absolute Gasteiger partial charge is 0.236 e. The summed E-state index contributed by atoms with van der Waals surface area (Å²) in [5, 5.41) is 3.60. The largest absolute Gasteiger partial charge is 0.336 e. The number of carbonyl (C=O) groups excluding carboxylic acids is 1. The topological polar surface area (TPSA) is 32.3 Å². The van der Waals surface area contributed by atoms with Crippen molar-refractivity contribution in [3.05, 3.63) is 11.1 Å². The second-order valence-electron chi connectivity index (χ2n) is 2.79. The molecule has 0 bridgehead atoms. The van der Waals surface area contributed by atoms with Crippen LogP contribution in [0.15, 0.2) is 11.1 Å². The lowest BCUT2D eigenvalue weighted by atomic mass is 10.2. The SMILES string of the molecule is CNCC(=O)N1CCC=C(Cl)C1. The van der Waals surface area contributed by atoms with Gasteiger partial charge in [0, 0.05) is 11.6 Å². The van der Waals surface area contributed by atoms with Gasteiger partial charge < -0.3 is 10.2 Å². The summed E-state index contributed by atoms with van der Waals surface area (Å²) in [5.41, 5.74) is 0. The van der Waals surface area contributed by atoms with E-state index in [1.165, 1.54) is 0 Å². The van der Waals surface area contributed by atoms with Crippen LogP contribution in [0.2, 0.25) is 0 Å². The highest BCUT2D eigenvalue weighted by Gasteiger charge is 2.15. The van der Waals surface area contributed by atoms with E-state index in [9.17, 15) is 4.79 Å². The fourth-order valence-electron chi connectivity index (χ4n) is 1.18. The van der Waals surface area contributed by atoms with Crippen LogP contribution in [-0.4, -0.2) is 37.5 Å². The zero-order valence-electron chi connectivity index (χ0n) is 7.14. The molecule has 0 saturated heterocycles. The van der Waals surface area contributed by atoms with E-state index in [0.29, 0.717) is 13.1 Å². The molecule has 0 aliphatic carbocycles. The van der Waals surface area contributed by atoms with Gasteiger partial charge in [0.2, 0.25) is 5.91 Å². The minimum atomic E-state index is 0.115. The fraction of sp³-hybridized carbons (Fsp3) is 0.625. The van der Waals surface area contributed by atoms with Crippen LogP contribution in [0.5, 0.6) is 0 Å². The maximum Gasteiger partial charge on any atom is 0.236 e. The first-order valence-corrected chi connectivity index (χ1v) is 4.38. The van der Waals surface area contributed by atoms with Crippen molar-refractivity contribution in [1.82, 2.24) is 10.2 Å². The van der Waals surface area contributed by atoms with E-state index in [2.05, 4.69) is 5.32 Å². The highest BCUT2D eigenvalue weighted by atomic mass is 35.5. The summed E-state index contributed by atoms with van der Waals surface area (Å²) in [6.07, 6.45) is 2.83. The molecule has 0 saturated carbocycles. The summed E-state index contributed by atoms with van der Waals surface area (Å²) in [6.45, 7) is 1.75. The number of amides is 1. The molecule has 68 valence electrons. The molecule has 4 heteroatoms. The van der Waals surface area contributed by atoms with Crippen molar-refractivity contribution >= 4 is 17.5 Å². The fourth-order valence-corrected chi connectivity index (χ4v) is 1.43. The molecule has 1 heterocycles. The van der Waals surface area contributed by atoms with Gasteiger partial charge in [-0.1, -0.05) is 17.7 Å². The summed E-state index contributed by atoms with van der Waals surface area (Å²) in [7, 11) is 1.76. The molecule has 0 aromatic carbocycles. The number of hydrogen-bond donors (Lipinski definition) is 1. The molecule has 1 amide bonds. The molecular formula is C8H13ClN2O. The zero-order valence-corrected chi connectivity index (χ0v) is 7.90. The number of carbonyl (C=O) groups is 1. The third-order valence-corrected chi connectivity index (χ3v) is 2.06. The summed E-state index contributed by atoms with van der Waals surface area (Å²) in [5.74, 6) is 0.115. The molecule has 1 N–H and O–H groups in total. The molecule has 0 unspecified atom stereocenters. The van der Waals surface area contributed by atoms with Crippen LogP contribution in [0.25, 0.3) is 0 Å². The number of nitrogens with zero attached hydrogens (tertiary/aromatic N) is 1. The number of halogens is 1. The molecule has 0 fully saturated rings. The Morgan fingerprint density at radius 1 is 1.83 bits per heavy atom. The van der Waals surface area contributed by atoms with E-state index in [4.69, 9.17) is 11.6 Å². The first-order chi connectivity index (χ1) is 5.74. The van der Waals surface area contributed by atoms with Gasteiger partial charge in [-0.2, -0.15) is 0 Å². The summed E-state index contributed by atoms with van der Waals surface area (Å²) in [4.78, 5) is 13.1. The van der Waals surface area contributed by atoms with Gasteiger partial charge in [0.15, 0.2) is 0 Å². The molecular weight excluding hydrogens is 176 g/mol. The predicted octanol–water partition coefficient (Wildman–Crippen LogP) is 0.561. The van der Waals surface area contributed by atoms with Crippen LogP contribution >= 0.6 is 11.6 Å². The van der Waals surface area contributed by atoms with Crippen molar-refractivity contribution in [3.8, 4) is 0 Å². The van der Waals surface area contributed by atoms with Crippen LogP contribution in [-0.2, 0) is 4.79 Å². The molecule has 0 aromatic heterocycles. The Kier molecular flexibility index (Phi) is 3.56. The Hall–Kier alpha value is -0.540.